The van der Waals surface area contributed by atoms with Gasteiger partial charge in [-0.3, -0.25) is 9.98 Å². The summed E-state index contributed by atoms with van der Waals surface area (Å²) in [6.45, 7) is 5.57. The molecule has 0 amide bonds. The Hall–Kier alpha value is -2.86. The van der Waals surface area contributed by atoms with Gasteiger partial charge >= 0.3 is 0 Å². The zero-order chi connectivity index (χ0) is 20.3. The van der Waals surface area contributed by atoms with E-state index in [-0.39, 0.29) is 6.10 Å². The van der Waals surface area contributed by atoms with Crippen LogP contribution < -0.4 is 15.4 Å². The second-order valence-electron chi connectivity index (χ2n) is 6.91. The van der Waals surface area contributed by atoms with Crippen molar-refractivity contribution in [1.82, 2.24) is 10.3 Å². The Balaban J connectivity index is 1.59. The van der Waals surface area contributed by atoms with Gasteiger partial charge in [0.05, 0.1) is 6.10 Å². The van der Waals surface area contributed by atoms with Gasteiger partial charge in [-0.25, -0.2) is 0 Å². The van der Waals surface area contributed by atoms with Crippen LogP contribution in [0.1, 0.15) is 24.3 Å². The lowest BCUT2D eigenvalue weighted by atomic mass is 10.2. The zero-order valence-corrected chi connectivity index (χ0v) is 17.8. The molecule has 0 bridgehead atoms. The Labute approximate surface area is 176 Å². The topological polar surface area (TPSA) is 58.5 Å². The first-order chi connectivity index (χ1) is 14.2. The van der Waals surface area contributed by atoms with Crippen LogP contribution in [0.3, 0.4) is 0 Å². The van der Waals surface area contributed by atoms with Crippen molar-refractivity contribution in [3.8, 4) is 5.75 Å². The molecule has 2 aromatic heterocycles. The van der Waals surface area contributed by atoms with Crippen LogP contribution in [-0.4, -0.2) is 30.1 Å². The Kier molecular flexibility index (Phi) is 8.07. The number of benzene rings is 1. The molecular formula is C23H28N4OS. The Bertz CT molecular complexity index is 862. The highest BCUT2D eigenvalue weighted by atomic mass is 32.1. The molecule has 0 atom stereocenters. The summed E-state index contributed by atoms with van der Waals surface area (Å²) in [6, 6.07) is 16.2. The van der Waals surface area contributed by atoms with Gasteiger partial charge < -0.3 is 15.4 Å². The highest BCUT2D eigenvalue weighted by Gasteiger charge is 2.03. The SMILES string of the molecule is CC(C)Oc1ccc(NC(=NCCc2cccs2)NCCc2cccnc2)cc1. The number of anilines is 1. The fourth-order valence-corrected chi connectivity index (χ4v) is 3.47. The average molecular weight is 409 g/mol. The summed E-state index contributed by atoms with van der Waals surface area (Å²) < 4.78 is 5.72. The molecule has 2 N–H and O–H groups in total. The largest absolute Gasteiger partial charge is 0.491 e. The number of ether oxygens (including phenoxy) is 1. The van der Waals surface area contributed by atoms with Crippen LogP contribution in [0.15, 0.2) is 71.3 Å². The number of aliphatic imine (C=N–C) groups is 1. The molecule has 0 aliphatic heterocycles. The van der Waals surface area contributed by atoms with E-state index in [1.54, 1.807) is 17.5 Å². The molecule has 0 saturated carbocycles. The van der Waals surface area contributed by atoms with E-state index in [0.29, 0.717) is 0 Å². The third kappa shape index (κ3) is 7.58. The maximum atomic E-state index is 5.72. The van der Waals surface area contributed by atoms with Crippen LogP contribution in [0.4, 0.5) is 5.69 Å². The van der Waals surface area contributed by atoms with Crippen molar-refractivity contribution in [1.29, 1.82) is 0 Å². The van der Waals surface area contributed by atoms with Crippen molar-refractivity contribution in [3.05, 3.63) is 76.7 Å². The lowest BCUT2D eigenvalue weighted by Gasteiger charge is -2.14. The fourth-order valence-electron chi connectivity index (χ4n) is 2.77. The van der Waals surface area contributed by atoms with E-state index in [4.69, 9.17) is 9.73 Å². The predicted octanol–water partition coefficient (Wildman–Crippen LogP) is 4.77. The molecule has 0 spiro atoms. The summed E-state index contributed by atoms with van der Waals surface area (Å²) in [5, 5.41) is 8.93. The maximum Gasteiger partial charge on any atom is 0.195 e. The first kappa shape index (κ1) is 20.9. The maximum absolute atomic E-state index is 5.72. The lowest BCUT2D eigenvalue weighted by Crippen LogP contribution is -2.32. The van der Waals surface area contributed by atoms with E-state index in [1.807, 2.05) is 50.4 Å². The summed E-state index contributed by atoms with van der Waals surface area (Å²) >= 11 is 1.77. The van der Waals surface area contributed by atoms with Crippen molar-refractivity contribution in [3.63, 3.8) is 0 Å². The lowest BCUT2D eigenvalue weighted by molar-refractivity contribution is 0.242. The third-order valence-electron chi connectivity index (χ3n) is 4.13. The number of nitrogens with one attached hydrogen (secondary N) is 2. The van der Waals surface area contributed by atoms with Crippen LogP contribution in [0.25, 0.3) is 0 Å². The average Bonchev–Trinajstić information content (AvgIpc) is 3.23. The van der Waals surface area contributed by atoms with Gasteiger partial charge in [-0.05, 0) is 67.6 Å². The molecule has 3 aromatic rings. The molecule has 3 rings (SSSR count). The smallest absolute Gasteiger partial charge is 0.195 e. The van der Waals surface area contributed by atoms with Gasteiger partial charge in [0.15, 0.2) is 5.96 Å². The summed E-state index contributed by atoms with van der Waals surface area (Å²) in [6.07, 6.45) is 5.69. The van der Waals surface area contributed by atoms with E-state index in [0.717, 1.165) is 43.3 Å². The van der Waals surface area contributed by atoms with Crippen molar-refractivity contribution in [2.75, 3.05) is 18.4 Å². The van der Waals surface area contributed by atoms with Crippen molar-refractivity contribution in [2.24, 2.45) is 4.99 Å². The van der Waals surface area contributed by atoms with E-state index in [1.165, 1.54) is 10.4 Å². The molecule has 6 heteroatoms. The molecule has 0 fully saturated rings. The van der Waals surface area contributed by atoms with Crippen LogP contribution in [0, 0.1) is 0 Å². The van der Waals surface area contributed by atoms with Gasteiger partial charge in [-0.15, -0.1) is 11.3 Å². The molecule has 2 heterocycles. The number of pyridine rings is 1. The highest BCUT2D eigenvalue weighted by Crippen LogP contribution is 2.17. The highest BCUT2D eigenvalue weighted by molar-refractivity contribution is 7.09. The number of thiophene rings is 1. The molecule has 0 radical (unpaired) electrons. The van der Waals surface area contributed by atoms with Crippen LogP contribution in [0.2, 0.25) is 0 Å². The zero-order valence-electron chi connectivity index (χ0n) is 17.0. The number of guanidine groups is 1. The second-order valence-corrected chi connectivity index (χ2v) is 7.95. The predicted molar refractivity (Wildman–Crippen MR) is 122 cm³/mol. The number of hydrogen-bond acceptors (Lipinski definition) is 4. The number of aromatic nitrogens is 1. The second kappa shape index (κ2) is 11.2. The van der Waals surface area contributed by atoms with Crippen LogP contribution in [-0.2, 0) is 12.8 Å². The van der Waals surface area contributed by atoms with E-state index in [9.17, 15) is 0 Å². The first-order valence-electron chi connectivity index (χ1n) is 9.92. The first-order valence-corrected chi connectivity index (χ1v) is 10.8. The minimum atomic E-state index is 0.164. The monoisotopic (exact) mass is 408 g/mol. The molecule has 152 valence electrons. The molecule has 0 unspecified atom stereocenters. The Morgan fingerprint density at radius 1 is 1.10 bits per heavy atom. The third-order valence-corrected chi connectivity index (χ3v) is 5.06. The van der Waals surface area contributed by atoms with Crippen LogP contribution in [0.5, 0.6) is 5.75 Å². The van der Waals surface area contributed by atoms with Gasteiger partial charge in [0.25, 0.3) is 0 Å². The molecule has 0 aliphatic carbocycles. The van der Waals surface area contributed by atoms with E-state index in [2.05, 4.69) is 39.2 Å². The summed E-state index contributed by atoms with van der Waals surface area (Å²) in [4.78, 5) is 10.3. The molecule has 0 aliphatic rings. The molecule has 5 nitrogen and oxygen atoms in total. The molecule has 0 saturated heterocycles. The molecule has 1 aromatic carbocycles. The minimum Gasteiger partial charge on any atom is -0.491 e. The Morgan fingerprint density at radius 2 is 1.97 bits per heavy atom. The van der Waals surface area contributed by atoms with Gasteiger partial charge in [0, 0.05) is 42.5 Å². The summed E-state index contributed by atoms with van der Waals surface area (Å²) in [5.41, 5.74) is 2.18. The van der Waals surface area contributed by atoms with E-state index < -0.39 is 0 Å². The van der Waals surface area contributed by atoms with Crippen molar-refractivity contribution in [2.45, 2.75) is 32.8 Å². The van der Waals surface area contributed by atoms with E-state index >= 15 is 0 Å². The normalized spacial score (nSPS) is 11.5. The van der Waals surface area contributed by atoms with Crippen LogP contribution >= 0.6 is 11.3 Å². The van der Waals surface area contributed by atoms with Gasteiger partial charge in [-0.1, -0.05) is 12.1 Å². The van der Waals surface area contributed by atoms with Crippen molar-refractivity contribution < 1.29 is 4.74 Å². The standard InChI is InChI=1S/C23H28N4OS/c1-18(2)28-21-9-7-20(8-10-21)27-23(26-15-12-22-6-4-16-29-22)25-14-11-19-5-3-13-24-17-19/h3-10,13,16-18H,11-12,14-15H2,1-2H3,(H2,25,26,27). The quantitative estimate of drug-likeness (QED) is 0.395. The van der Waals surface area contributed by atoms with Gasteiger partial charge in [0.1, 0.15) is 5.75 Å². The summed E-state index contributed by atoms with van der Waals surface area (Å²) in [5.74, 6) is 1.65. The summed E-state index contributed by atoms with van der Waals surface area (Å²) in [7, 11) is 0. The van der Waals surface area contributed by atoms with Gasteiger partial charge in [0.2, 0.25) is 0 Å². The van der Waals surface area contributed by atoms with Gasteiger partial charge in [-0.2, -0.15) is 0 Å². The number of rotatable bonds is 9. The number of hydrogen-bond donors (Lipinski definition) is 2. The minimum absolute atomic E-state index is 0.164. The number of nitrogens with zero attached hydrogens (tertiary/aromatic N) is 2. The fraction of sp³-hybridized carbons (Fsp3) is 0.304. The Morgan fingerprint density at radius 3 is 2.66 bits per heavy atom. The molecule has 29 heavy (non-hydrogen) atoms. The molecular weight excluding hydrogens is 380 g/mol. The van der Waals surface area contributed by atoms with Crippen molar-refractivity contribution >= 4 is 23.0 Å².